The van der Waals surface area contributed by atoms with E-state index >= 15 is 0 Å². The van der Waals surface area contributed by atoms with E-state index in [1.165, 1.54) is 67.6 Å². The molecule has 1 fully saturated rings. The van der Waals surface area contributed by atoms with Crippen LogP contribution in [0.25, 0.3) is 0 Å². The minimum Gasteiger partial charge on any atom is -0.367 e. The Morgan fingerprint density at radius 3 is 2.19 bits per heavy atom. The first-order valence-corrected chi connectivity index (χ1v) is 12.6. The molecule has 0 N–H and O–H groups in total. The van der Waals surface area contributed by atoms with Gasteiger partial charge in [-0.1, -0.05) is 74.4 Å². The monoisotopic (exact) mass is 433 g/mol. The standard InChI is InChI=1S/C29H43N3/c1-4-5-9-18-30-19-10-20-31(25-28-12-7-6-8-13-28)21-11-22-32(24-27(3)23-30)29-16-14-26(2)15-17-29/h6-8,12-17H,3-5,9-11,18-25H2,1-2H3. The molecule has 2 aromatic carbocycles. The van der Waals surface area contributed by atoms with Gasteiger partial charge in [0.05, 0.1) is 0 Å². The number of benzene rings is 2. The third kappa shape index (κ3) is 8.44. The third-order valence-corrected chi connectivity index (χ3v) is 6.44. The van der Waals surface area contributed by atoms with Gasteiger partial charge in [-0.3, -0.25) is 9.80 Å². The van der Waals surface area contributed by atoms with Gasteiger partial charge in [-0.25, -0.2) is 0 Å². The lowest BCUT2D eigenvalue weighted by Crippen LogP contribution is -2.37. The smallest absolute Gasteiger partial charge is 0.0398 e. The maximum Gasteiger partial charge on any atom is 0.0398 e. The second kappa shape index (κ2) is 13.4. The van der Waals surface area contributed by atoms with Crippen LogP contribution in [0.5, 0.6) is 0 Å². The molecular formula is C29H43N3. The molecule has 0 unspecified atom stereocenters. The number of hydrogen-bond acceptors (Lipinski definition) is 3. The summed E-state index contributed by atoms with van der Waals surface area (Å²) < 4.78 is 0. The number of unbranched alkanes of at least 4 members (excludes halogenated alkanes) is 2. The number of hydrogen-bond donors (Lipinski definition) is 0. The fourth-order valence-electron chi connectivity index (χ4n) is 4.66. The summed E-state index contributed by atoms with van der Waals surface area (Å²) in [4.78, 5) is 7.84. The molecule has 0 aliphatic carbocycles. The van der Waals surface area contributed by atoms with E-state index in [1.807, 2.05) is 0 Å². The van der Waals surface area contributed by atoms with Crippen LogP contribution in [-0.2, 0) is 6.54 Å². The average Bonchev–Trinajstić information content (AvgIpc) is 2.78. The normalized spacial score (nSPS) is 17.7. The maximum atomic E-state index is 4.49. The molecule has 0 radical (unpaired) electrons. The van der Waals surface area contributed by atoms with Crippen molar-refractivity contribution in [1.82, 2.24) is 9.80 Å². The van der Waals surface area contributed by atoms with Crippen molar-refractivity contribution in [3.8, 4) is 0 Å². The minimum atomic E-state index is 0.950. The van der Waals surface area contributed by atoms with E-state index in [1.54, 1.807) is 0 Å². The molecule has 1 aliphatic heterocycles. The summed E-state index contributed by atoms with van der Waals surface area (Å²) in [6.45, 7) is 17.7. The SMILES string of the molecule is C=C1CN(CCCCC)CCCN(Cc2ccccc2)CCCN(c2ccc(C)cc2)C1. The Labute approximate surface area is 196 Å². The molecule has 0 saturated carbocycles. The van der Waals surface area contributed by atoms with Crippen LogP contribution in [0.2, 0.25) is 0 Å². The van der Waals surface area contributed by atoms with Gasteiger partial charge in [0.1, 0.15) is 0 Å². The number of nitrogens with zero attached hydrogens (tertiary/aromatic N) is 3. The number of rotatable bonds is 7. The topological polar surface area (TPSA) is 9.72 Å². The Bertz CT molecular complexity index is 784. The van der Waals surface area contributed by atoms with Crippen LogP contribution in [0.4, 0.5) is 5.69 Å². The zero-order valence-corrected chi connectivity index (χ0v) is 20.4. The second-order valence-corrected chi connectivity index (χ2v) is 9.46. The van der Waals surface area contributed by atoms with Crippen molar-refractivity contribution in [3.05, 3.63) is 77.9 Å². The van der Waals surface area contributed by atoms with Gasteiger partial charge in [0.2, 0.25) is 0 Å². The predicted octanol–water partition coefficient (Wildman–Crippen LogP) is 6.15. The molecule has 174 valence electrons. The fraction of sp³-hybridized carbons (Fsp3) is 0.517. The van der Waals surface area contributed by atoms with Crippen molar-refractivity contribution < 1.29 is 0 Å². The molecule has 2 aromatic rings. The minimum absolute atomic E-state index is 0.950. The Hall–Kier alpha value is -2.10. The highest BCUT2D eigenvalue weighted by molar-refractivity contribution is 5.48. The van der Waals surface area contributed by atoms with Gasteiger partial charge >= 0.3 is 0 Å². The van der Waals surface area contributed by atoms with Crippen molar-refractivity contribution in [1.29, 1.82) is 0 Å². The molecule has 0 bridgehead atoms. The largest absolute Gasteiger partial charge is 0.367 e. The maximum absolute atomic E-state index is 4.49. The van der Waals surface area contributed by atoms with E-state index in [-0.39, 0.29) is 0 Å². The first-order chi connectivity index (χ1) is 15.6. The summed E-state index contributed by atoms with van der Waals surface area (Å²) in [7, 11) is 0. The van der Waals surface area contributed by atoms with Gasteiger partial charge in [-0.2, -0.15) is 0 Å². The van der Waals surface area contributed by atoms with Crippen LogP contribution >= 0.6 is 0 Å². The Kier molecular flexibility index (Phi) is 10.3. The molecule has 3 heteroatoms. The molecule has 0 aromatic heterocycles. The Morgan fingerprint density at radius 1 is 0.781 bits per heavy atom. The van der Waals surface area contributed by atoms with Crippen LogP contribution in [0, 0.1) is 6.92 Å². The summed E-state index contributed by atoms with van der Waals surface area (Å²) in [5.74, 6) is 0. The molecule has 0 spiro atoms. The van der Waals surface area contributed by atoms with Crippen LogP contribution in [0.15, 0.2) is 66.7 Å². The highest BCUT2D eigenvalue weighted by Gasteiger charge is 2.15. The molecule has 1 saturated heterocycles. The van der Waals surface area contributed by atoms with Gasteiger partial charge in [-0.05, 0) is 69.1 Å². The molecule has 3 rings (SSSR count). The number of aryl methyl sites for hydroxylation is 1. The lowest BCUT2D eigenvalue weighted by Gasteiger charge is -2.32. The lowest BCUT2D eigenvalue weighted by atomic mass is 10.1. The van der Waals surface area contributed by atoms with Gasteiger partial charge in [0.15, 0.2) is 0 Å². The summed E-state index contributed by atoms with van der Waals surface area (Å²) in [5.41, 5.74) is 5.39. The average molecular weight is 434 g/mol. The van der Waals surface area contributed by atoms with Crippen LogP contribution in [-0.4, -0.2) is 55.6 Å². The highest BCUT2D eigenvalue weighted by atomic mass is 15.2. The van der Waals surface area contributed by atoms with Gasteiger partial charge in [0.25, 0.3) is 0 Å². The third-order valence-electron chi connectivity index (χ3n) is 6.44. The zero-order chi connectivity index (χ0) is 22.6. The molecule has 1 heterocycles. The molecule has 1 aliphatic rings. The summed E-state index contributed by atoms with van der Waals surface area (Å²) in [6.07, 6.45) is 6.29. The van der Waals surface area contributed by atoms with E-state index in [4.69, 9.17) is 0 Å². The van der Waals surface area contributed by atoms with Crippen LogP contribution in [0.1, 0.15) is 50.2 Å². The molecule has 32 heavy (non-hydrogen) atoms. The van der Waals surface area contributed by atoms with E-state index in [0.717, 1.165) is 39.3 Å². The Morgan fingerprint density at radius 2 is 1.47 bits per heavy atom. The van der Waals surface area contributed by atoms with Gasteiger partial charge in [0, 0.05) is 38.4 Å². The zero-order valence-electron chi connectivity index (χ0n) is 20.4. The van der Waals surface area contributed by atoms with E-state index in [0.29, 0.717) is 0 Å². The van der Waals surface area contributed by atoms with Crippen molar-refractivity contribution in [2.24, 2.45) is 0 Å². The summed E-state index contributed by atoms with van der Waals surface area (Å²) >= 11 is 0. The van der Waals surface area contributed by atoms with Crippen molar-refractivity contribution in [3.63, 3.8) is 0 Å². The van der Waals surface area contributed by atoms with Crippen molar-refractivity contribution >= 4 is 5.69 Å². The van der Waals surface area contributed by atoms with Gasteiger partial charge in [-0.15, -0.1) is 0 Å². The first-order valence-electron chi connectivity index (χ1n) is 12.6. The Balaban J connectivity index is 1.71. The lowest BCUT2D eigenvalue weighted by molar-refractivity contribution is 0.223. The molecule has 3 nitrogen and oxygen atoms in total. The van der Waals surface area contributed by atoms with E-state index < -0.39 is 0 Å². The predicted molar refractivity (Wildman–Crippen MR) is 139 cm³/mol. The summed E-state index contributed by atoms with van der Waals surface area (Å²) in [6, 6.07) is 20.0. The first kappa shape index (κ1) is 24.5. The highest BCUT2D eigenvalue weighted by Crippen LogP contribution is 2.18. The van der Waals surface area contributed by atoms with Crippen LogP contribution < -0.4 is 4.90 Å². The van der Waals surface area contributed by atoms with E-state index in [2.05, 4.69) is 89.7 Å². The van der Waals surface area contributed by atoms with Crippen molar-refractivity contribution in [2.45, 2.75) is 52.5 Å². The number of anilines is 1. The van der Waals surface area contributed by atoms with E-state index in [9.17, 15) is 0 Å². The summed E-state index contributed by atoms with van der Waals surface area (Å²) in [5, 5.41) is 0. The molecule has 0 amide bonds. The molecular weight excluding hydrogens is 390 g/mol. The van der Waals surface area contributed by atoms with Gasteiger partial charge < -0.3 is 4.90 Å². The fourth-order valence-corrected chi connectivity index (χ4v) is 4.66. The molecule has 0 atom stereocenters. The van der Waals surface area contributed by atoms with Crippen LogP contribution in [0.3, 0.4) is 0 Å². The second-order valence-electron chi connectivity index (χ2n) is 9.46. The van der Waals surface area contributed by atoms with Crippen molar-refractivity contribution in [2.75, 3.05) is 50.7 Å². The quantitative estimate of drug-likeness (QED) is 0.383.